The van der Waals surface area contributed by atoms with Crippen molar-refractivity contribution in [2.24, 2.45) is 0 Å². The Balaban J connectivity index is 2.26. The molecule has 0 bridgehead atoms. The van der Waals surface area contributed by atoms with Gasteiger partial charge in [0.05, 0.1) is 24.6 Å². The van der Waals surface area contributed by atoms with Crippen LogP contribution in [0.15, 0.2) is 24.3 Å². The maximum Gasteiger partial charge on any atom is 0.337 e. The quantitative estimate of drug-likeness (QED) is 0.451. The summed E-state index contributed by atoms with van der Waals surface area (Å²) in [5, 5.41) is 0. The molecule has 1 aromatic carbocycles. The molecule has 0 aromatic heterocycles. The van der Waals surface area contributed by atoms with Gasteiger partial charge in [-0.2, -0.15) is 4.58 Å². The van der Waals surface area contributed by atoms with E-state index in [0.29, 0.717) is 18.5 Å². The lowest BCUT2D eigenvalue weighted by molar-refractivity contribution is -0.595. The van der Waals surface area contributed by atoms with Gasteiger partial charge in [0.15, 0.2) is 18.7 Å². The summed E-state index contributed by atoms with van der Waals surface area (Å²) in [4.78, 5) is 26.6. The molecule has 0 unspecified atom stereocenters. The summed E-state index contributed by atoms with van der Waals surface area (Å²) in [7, 11) is 1.37. The van der Waals surface area contributed by atoms with E-state index in [-0.39, 0.29) is 17.4 Å². The van der Waals surface area contributed by atoms with E-state index < -0.39 is 5.54 Å². The van der Waals surface area contributed by atoms with Gasteiger partial charge in [0.1, 0.15) is 0 Å². The fourth-order valence-electron chi connectivity index (χ4n) is 4.11. The van der Waals surface area contributed by atoms with E-state index in [9.17, 15) is 9.59 Å². The van der Waals surface area contributed by atoms with Crippen LogP contribution in [0.1, 0.15) is 76.7 Å². The first-order valence-electron chi connectivity index (χ1n) is 10.8. The van der Waals surface area contributed by atoms with E-state index in [4.69, 9.17) is 9.47 Å². The summed E-state index contributed by atoms with van der Waals surface area (Å²) in [6.07, 6.45) is 2.15. The number of carbonyl (C=O) groups excluding carboxylic acids is 2. The molecular formula is C24H37N2O4+. The second-order valence-electron chi connectivity index (χ2n) is 8.84. The summed E-state index contributed by atoms with van der Waals surface area (Å²) in [5.74, 6) is 0.787. The Morgan fingerprint density at radius 3 is 2.30 bits per heavy atom. The maximum atomic E-state index is 12.9. The third-order valence-electron chi connectivity index (χ3n) is 6.16. The Morgan fingerprint density at radius 1 is 1.13 bits per heavy atom. The van der Waals surface area contributed by atoms with Gasteiger partial charge in [-0.05, 0) is 31.5 Å². The zero-order chi connectivity index (χ0) is 22.5. The lowest BCUT2D eigenvalue weighted by atomic mass is 9.89. The van der Waals surface area contributed by atoms with Gasteiger partial charge in [-0.1, -0.05) is 26.0 Å². The molecule has 6 heteroatoms. The first-order chi connectivity index (χ1) is 14.1. The Bertz CT molecular complexity index is 794. The Hall–Kier alpha value is -2.37. The van der Waals surface area contributed by atoms with Crippen molar-refractivity contribution >= 4 is 17.8 Å². The molecule has 0 spiro atoms. The van der Waals surface area contributed by atoms with Gasteiger partial charge in [-0.15, -0.1) is 0 Å². The SMILES string of the molecule is CCC(=O)N(CCC(C)(C)[N+]1=C(CC)OCC1)C(C)(C)c1ccc(C(=O)OC)cc1. The zero-order valence-corrected chi connectivity index (χ0v) is 19.6. The molecule has 6 nitrogen and oxygen atoms in total. The number of amides is 1. The van der Waals surface area contributed by atoms with Gasteiger partial charge in [0.2, 0.25) is 5.91 Å². The predicted molar refractivity (Wildman–Crippen MR) is 118 cm³/mol. The van der Waals surface area contributed by atoms with Crippen molar-refractivity contribution in [3.8, 4) is 0 Å². The van der Waals surface area contributed by atoms with Crippen LogP contribution in [0.2, 0.25) is 0 Å². The topological polar surface area (TPSA) is 58.8 Å². The number of carbonyl (C=O) groups is 2. The van der Waals surface area contributed by atoms with E-state index in [2.05, 4.69) is 39.2 Å². The van der Waals surface area contributed by atoms with Crippen LogP contribution < -0.4 is 0 Å². The number of hydrogen-bond acceptors (Lipinski definition) is 4. The molecule has 1 heterocycles. The summed E-state index contributed by atoms with van der Waals surface area (Å²) in [6, 6.07) is 7.33. The monoisotopic (exact) mass is 417 g/mol. The number of methoxy groups -OCH3 is 1. The Labute approximate surface area is 180 Å². The molecule has 1 aromatic rings. The van der Waals surface area contributed by atoms with Crippen molar-refractivity contribution in [2.45, 2.75) is 71.9 Å². The first-order valence-corrected chi connectivity index (χ1v) is 10.8. The number of benzene rings is 1. The molecule has 0 aliphatic carbocycles. The van der Waals surface area contributed by atoms with Crippen LogP contribution in [0, 0.1) is 0 Å². The van der Waals surface area contributed by atoms with Crippen molar-refractivity contribution in [2.75, 3.05) is 26.8 Å². The van der Waals surface area contributed by atoms with Crippen LogP contribution >= 0.6 is 0 Å². The van der Waals surface area contributed by atoms with Crippen LogP contribution in [0.5, 0.6) is 0 Å². The molecular weight excluding hydrogens is 380 g/mol. The summed E-state index contributed by atoms with van der Waals surface area (Å²) in [6.45, 7) is 14.8. The van der Waals surface area contributed by atoms with E-state index >= 15 is 0 Å². The van der Waals surface area contributed by atoms with E-state index in [0.717, 1.165) is 37.5 Å². The van der Waals surface area contributed by atoms with E-state index in [1.54, 1.807) is 12.1 Å². The van der Waals surface area contributed by atoms with Crippen molar-refractivity contribution in [3.63, 3.8) is 0 Å². The molecule has 0 atom stereocenters. The second kappa shape index (κ2) is 9.63. The molecule has 30 heavy (non-hydrogen) atoms. The fourth-order valence-corrected chi connectivity index (χ4v) is 4.11. The van der Waals surface area contributed by atoms with Gasteiger partial charge >= 0.3 is 11.9 Å². The maximum absolute atomic E-state index is 12.9. The average Bonchev–Trinajstić information content (AvgIpc) is 3.23. The van der Waals surface area contributed by atoms with Crippen molar-refractivity contribution < 1.29 is 23.6 Å². The molecule has 0 radical (unpaired) electrons. The van der Waals surface area contributed by atoms with Gasteiger partial charge in [-0.3, -0.25) is 4.79 Å². The third kappa shape index (κ3) is 5.02. The van der Waals surface area contributed by atoms with Crippen molar-refractivity contribution in [1.82, 2.24) is 4.90 Å². The molecule has 1 aliphatic rings. The van der Waals surface area contributed by atoms with Crippen molar-refractivity contribution in [3.05, 3.63) is 35.4 Å². The number of hydrogen-bond donors (Lipinski definition) is 0. The van der Waals surface area contributed by atoms with Crippen LogP contribution in [0.25, 0.3) is 0 Å². The average molecular weight is 418 g/mol. The van der Waals surface area contributed by atoms with Gasteiger partial charge < -0.3 is 14.4 Å². The number of ether oxygens (including phenoxy) is 2. The molecule has 0 saturated heterocycles. The van der Waals surface area contributed by atoms with E-state index in [1.807, 2.05) is 24.0 Å². The number of nitrogens with zero attached hydrogens (tertiary/aromatic N) is 2. The molecule has 0 saturated carbocycles. The summed E-state index contributed by atoms with van der Waals surface area (Å²) >= 11 is 0. The summed E-state index contributed by atoms with van der Waals surface area (Å²) in [5.41, 5.74) is 0.874. The smallest absolute Gasteiger partial charge is 0.337 e. The third-order valence-corrected chi connectivity index (χ3v) is 6.16. The highest BCUT2D eigenvalue weighted by molar-refractivity contribution is 5.89. The molecule has 166 valence electrons. The largest absolute Gasteiger partial charge is 0.465 e. The lowest BCUT2D eigenvalue weighted by Gasteiger charge is -2.40. The molecule has 1 amide bonds. The molecule has 0 fully saturated rings. The highest BCUT2D eigenvalue weighted by Crippen LogP contribution is 2.31. The summed E-state index contributed by atoms with van der Waals surface area (Å²) < 4.78 is 12.9. The van der Waals surface area contributed by atoms with Gasteiger partial charge in [0.25, 0.3) is 0 Å². The predicted octanol–water partition coefficient (Wildman–Crippen LogP) is 3.97. The second-order valence-corrected chi connectivity index (χ2v) is 8.84. The molecule has 2 rings (SSSR count). The first kappa shape index (κ1) is 23.9. The van der Waals surface area contributed by atoms with Crippen LogP contribution in [-0.2, 0) is 19.8 Å². The number of esters is 1. The number of rotatable bonds is 9. The highest BCUT2D eigenvalue weighted by Gasteiger charge is 2.40. The van der Waals surface area contributed by atoms with Gasteiger partial charge in [-0.25, -0.2) is 4.79 Å². The Kier molecular flexibility index (Phi) is 7.67. The molecule has 0 N–H and O–H groups in total. The fraction of sp³-hybridized carbons (Fsp3) is 0.625. The van der Waals surface area contributed by atoms with Crippen LogP contribution in [0.3, 0.4) is 0 Å². The minimum Gasteiger partial charge on any atom is -0.465 e. The standard InChI is InChI=1S/C24H37N2O4/c1-8-20(27)25(15-14-23(3,4)26-16-17-30-21(26)9-2)24(5,6)19-12-10-18(11-13-19)22(28)29-7/h10-13H,8-9,14-17H2,1-7H3/q+1. The minimum absolute atomic E-state index is 0.112. The lowest BCUT2D eigenvalue weighted by Crippen LogP contribution is -2.49. The Morgan fingerprint density at radius 2 is 1.77 bits per heavy atom. The van der Waals surface area contributed by atoms with E-state index in [1.165, 1.54) is 7.11 Å². The van der Waals surface area contributed by atoms with Gasteiger partial charge in [0, 0.05) is 33.2 Å². The normalized spacial score (nSPS) is 14.5. The van der Waals surface area contributed by atoms with Crippen LogP contribution in [0.4, 0.5) is 0 Å². The molecule has 1 aliphatic heterocycles. The minimum atomic E-state index is -0.503. The van der Waals surface area contributed by atoms with Crippen molar-refractivity contribution in [1.29, 1.82) is 0 Å². The zero-order valence-electron chi connectivity index (χ0n) is 19.6. The highest BCUT2D eigenvalue weighted by atomic mass is 16.5. The van der Waals surface area contributed by atoms with Crippen LogP contribution in [-0.4, -0.2) is 59.6 Å².